The summed E-state index contributed by atoms with van der Waals surface area (Å²) >= 11 is 6.21. The van der Waals surface area contributed by atoms with Gasteiger partial charge in [-0.2, -0.15) is 0 Å². The second kappa shape index (κ2) is 6.31. The number of rotatable bonds is 4. The number of likely N-dealkylation sites (tertiary alicyclic amines) is 1. The van der Waals surface area contributed by atoms with Gasteiger partial charge in [0.25, 0.3) is 0 Å². The molecule has 1 aliphatic heterocycles. The first-order valence-corrected chi connectivity index (χ1v) is 7.39. The summed E-state index contributed by atoms with van der Waals surface area (Å²) in [6.45, 7) is 4.01. The zero-order valence-electron chi connectivity index (χ0n) is 11.8. The molecule has 112 valence electrons. The average molecular weight is 299 g/mol. The van der Waals surface area contributed by atoms with E-state index in [0.29, 0.717) is 10.7 Å². The van der Waals surface area contributed by atoms with Gasteiger partial charge in [0, 0.05) is 29.7 Å². The summed E-state index contributed by atoms with van der Waals surface area (Å²) in [5, 5.41) is 20.2. The Hall–Kier alpha value is -0.810. The maximum atomic E-state index is 10.2. The Morgan fingerprint density at radius 2 is 2.25 bits per heavy atom. The van der Waals surface area contributed by atoms with Gasteiger partial charge >= 0.3 is 0 Å². The fraction of sp³-hybridized carbons (Fsp3) is 0.600. The lowest BCUT2D eigenvalue weighted by Crippen LogP contribution is -2.47. The minimum atomic E-state index is -1.01. The fourth-order valence-corrected chi connectivity index (χ4v) is 3.02. The molecule has 20 heavy (non-hydrogen) atoms. The van der Waals surface area contributed by atoms with Crippen molar-refractivity contribution >= 4 is 17.3 Å². The molecule has 1 fully saturated rings. The van der Waals surface area contributed by atoms with E-state index in [1.165, 1.54) is 0 Å². The van der Waals surface area contributed by atoms with Gasteiger partial charge in [0.15, 0.2) is 0 Å². The Balaban J connectivity index is 2.03. The number of hydrogen-bond acceptors (Lipinski definition) is 4. The van der Waals surface area contributed by atoms with Gasteiger partial charge < -0.3 is 15.9 Å². The maximum absolute atomic E-state index is 10.2. The zero-order valence-corrected chi connectivity index (χ0v) is 12.6. The topological polar surface area (TPSA) is 69.7 Å². The van der Waals surface area contributed by atoms with Crippen molar-refractivity contribution in [2.45, 2.75) is 31.9 Å². The molecule has 1 aromatic carbocycles. The summed E-state index contributed by atoms with van der Waals surface area (Å²) in [6.07, 6.45) is 1.97. The lowest BCUT2D eigenvalue weighted by Gasteiger charge is -2.39. The first-order chi connectivity index (χ1) is 9.42. The number of nitrogens with two attached hydrogens (primary N) is 1. The largest absolute Gasteiger partial charge is 0.399 e. The van der Waals surface area contributed by atoms with E-state index in [0.717, 1.165) is 38.0 Å². The van der Waals surface area contributed by atoms with Crippen LogP contribution in [0.25, 0.3) is 0 Å². The molecule has 1 saturated heterocycles. The van der Waals surface area contributed by atoms with Gasteiger partial charge in [-0.25, -0.2) is 0 Å². The molecule has 1 aromatic rings. The molecule has 0 bridgehead atoms. The molecular weight excluding hydrogens is 276 g/mol. The predicted molar refractivity (Wildman–Crippen MR) is 81.6 cm³/mol. The Labute approximate surface area is 125 Å². The highest BCUT2D eigenvalue weighted by molar-refractivity contribution is 6.31. The van der Waals surface area contributed by atoms with Gasteiger partial charge in [-0.05, 0) is 44.0 Å². The van der Waals surface area contributed by atoms with E-state index in [2.05, 4.69) is 4.90 Å². The monoisotopic (exact) mass is 298 g/mol. The average Bonchev–Trinajstić information content (AvgIpc) is 2.42. The quantitative estimate of drug-likeness (QED) is 0.742. The lowest BCUT2D eigenvalue weighted by molar-refractivity contribution is -0.0697. The van der Waals surface area contributed by atoms with Gasteiger partial charge in [-0.3, -0.25) is 4.90 Å². The number of nitrogens with zero attached hydrogens (tertiary/aromatic N) is 1. The minimum absolute atomic E-state index is 0.0915. The molecule has 1 aliphatic rings. The van der Waals surface area contributed by atoms with Crippen LogP contribution in [0.4, 0.5) is 5.69 Å². The number of benzene rings is 1. The van der Waals surface area contributed by atoms with E-state index in [4.69, 9.17) is 17.3 Å². The Morgan fingerprint density at radius 1 is 1.50 bits per heavy atom. The number of aliphatic hydroxyl groups excluding tert-OH is 1. The first kappa shape index (κ1) is 15.6. The summed E-state index contributed by atoms with van der Waals surface area (Å²) in [4.78, 5) is 2.27. The molecule has 0 aliphatic carbocycles. The smallest absolute Gasteiger partial charge is 0.0889 e. The van der Waals surface area contributed by atoms with Crippen molar-refractivity contribution in [3.63, 3.8) is 0 Å². The molecule has 5 heteroatoms. The number of piperidine rings is 1. The van der Waals surface area contributed by atoms with Crippen LogP contribution in [-0.4, -0.2) is 40.4 Å². The van der Waals surface area contributed by atoms with Crippen molar-refractivity contribution in [1.82, 2.24) is 4.90 Å². The van der Waals surface area contributed by atoms with Crippen LogP contribution in [0.1, 0.15) is 25.3 Å². The van der Waals surface area contributed by atoms with Crippen molar-refractivity contribution < 1.29 is 10.2 Å². The summed E-state index contributed by atoms with van der Waals surface area (Å²) in [5.41, 5.74) is 6.40. The zero-order chi connectivity index (χ0) is 14.8. The molecule has 0 spiro atoms. The molecular formula is C15H23ClN2O2. The van der Waals surface area contributed by atoms with Crippen LogP contribution in [-0.2, 0) is 6.54 Å². The molecule has 2 rings (SSSR count). The number of aliphatic hydroxyl groups is 2. The SMILES string of the molecule is C[C@@](O)(CO)C1CCCN(Cc2ccc(N)cc2Cl)C1. The number of nitrogen functional groups attached to an aromatic ring is 1. The Kier molecular flexibility index (Phi) is 4.91. The van der Waals surface area contributed by atoms with Crippen LogP contribution >= 0.6 is 11.6 Å². The predicted octanol–water partition coefficient (Wildman–Crippen LogP) is 1.88. The number of anilines is 1. The third-order valence-corrected chi connectivity index (χ3v) is 4.53. The number of hydrogen-bond donors (Lipinski definition) is 3. The van der Waals surface area contributed by atoms with Gasteiger partial charge in [-0.1, -0.05) is 17.7 Å². The Morgan fingerprint density at radius 3 is 2.90 bits per heavy atom. The van der Waals surface area contributed by atoms with Crippen molar-refractivity contribution in [1.29, 1.82) is 0 Å². The summed E-state index contributed by atoms with van der Waals surface area (Å²) in [7, 11) is 0. The van der Waals surface area contributed by atoms with Crippen molar-refractivity contribution in [3.8, 4) is 0 Å². The molecule has 4 N–H and O–H groups in total. The molecule has 1 unspecified atom stereocenters. The van der Waals surface area contributed by atoms with Crippen LogP contribution in [0.15, 0.2) is 18.2 Å². The highest BCUT2D eigenvalue weighted by atomic mass is 35.5. The first-order valence-electron chi connectivity index (χ1n) is 7.02. The summed E-state index contributed by atoms with van der Waals surface area (Å²) < 4.78 is 0. The molecule has 0 aromatic heterocycles. The normalized spacial score (nSPS) is 23.5. The van der Waals surface area contributed by atoms with E-state index >= 15 is 0 Å². The standard InChI is InChI=1S/C15H23ClN2O2/c1-15(20,10-19)12-3-2-6-18(9-12)8-11-4-5-13(17)7-14(11)16/h4-5,7,12,19-20H,2-3,6,8-10,17H2,1H3/t12?,15-/m1/s1. The molecule has 0 radical (unpaired) electrons. The van der Waals surface area contributed by atoms with Gasteiger partial charge in [0.2, 0.25) is 0 Å². The minimum Gasteiger partial charge on any atom is -0.399 e. The molecule has 0 saturated carbocycles. The summed E-state index contributed by atoms with van der Waals surface area (Å²) in [5.74, 6) is 0.0915. The maximum Gasteiger partial charge on any atom is 0.0889 e. The molecule has 0 amide bonds. The van der Waals surface area contributed by atoms with Crippen LogP contribution in [0.2, 0.25) is 5.02 Å². The molecule has 1 heterocycles. The van der Waals surface area contributed by atoms with Crippen molar-refractivity contribution in [2.24, 2.45) is 5.92 Å². The van der Waals surface area contributed by atoms with E-state index in [-0.39, 0.29) is 12.5 Å². The van der Waals surface area contributed by atoms with Gasteiger partial charge in [0.1, 0.15) is 0 Å². The van der Waals surface area contributed by atoms with Crippen LogP contribution < -0.4 is 5.73 Å². The van der Waals surface area contributed by atoms with Crippen LogP contribution in [0.5, 0.6) is 0 Å². The molecule has 2 atom stereocenters. The highest BCUT2D eigenvalue weighted by Gasteiger charge is 2.34. The second-order valence-corrected chi connectivity index (χ2v) is 6.35. The third-order valence-electron chi connectivity index (χ3n) is 4.18. The third kappa shape index (κ3) is 3.64. The van der Waals surface area contributed by atoms with Crippen molar-refractivity contribution in [3.05, 3.63) is 28.8 Å². The van der Waals surface area contributed by atoms with Crippen molar-refractivity contribution in [2.75, 3.05) is 25.4 Å². The highest BCUT2D eigenvalue weighted by Crippen LogP contribution is 2.29. The second-order valence-electron chi connectivity index (χ2n) is 5.94. The summed E-state index contributed by atoms with van der Waals surface area (Å²) in [6, 6.07) is 5.57. The van der Waals surface area contributed by atoms with Crippen LogP contribution in [0, 0.1) is 5.92 Å². The van der Waals surface area contributed by atoms with Gasteiger partial charge in [-0.15, -0.1) is 0 Å². The van der Waals surface area contributed by atoms with Gasteiger partial charge in [0.05, 0.1) is 12.2 Å². The van der Waals surface area contributed by atoms with E-state index in [9.17, 15) is 10.2 Å². The fourth-order valence-electron chi connectivity index (χ4n) is 2.77. The number of halogens is 1. The van der Waals surface area contributed by atoms with E-state index in [1.54, 1.807) is 13.0 Å². The Bertz CT molecular complexity index is 465. The van der Waals surface area contributed by atoms with E-state index in [1.807, 2.05) is 12.1 Å². The lowest BCUT2D eigenvalue weighted by atomic mass is 9.83. The van der Waals surface area contributed by atoms with E-state index < -0.39 is 5.60 Å². The van der Waals surface area contributed by atoms with Crippen LogP contribution in [0.3, 0.4) is 0 Å². The molecule has 4 nitrogen and oxygen atoms in total.